The molecule has 0 fully saturated rings. The number of nitrogens with one attached hydrogen (secondary N) is 2. The fourth-order valence-corrected chi connectivity index (χ4v) is 3.69. The van der Waals surface area contributed by atoms with E-state index in [4.69, 9.17) is 21.7 Å². The number of ether oxygens (including phenoxy) is 2. The molecule has 0 bridgehead atoms. The van der Waals surface area contributed by atoms with E-state index >= 15 is 0 Å². The third kappa shape index (κ3) is 7.16. The minimum atomic E-state index is -0.397. The molecule has 0 unspecified atom stereocenters. The maximum atomic E-state index is 12.9. The molecule has 0 heterocycles. The van der Waals surface area contributed by atoms with Crippen molar-refractivity contribution < 1.29 is 19.1 Å². The molecule has 186 valence electrons. The Morgan fingerprint density at radius 1 is 0.944 bits per heavy atom. The molecule has 3 aromatic carbocycles. The summed E-state index contributed by atoms with van der Waals surface area (Å²) < 4.78 is 10.5. The molecule has 0 atom stereocenters. The largest absolute Gasteiger partial charge is 0.493 e. The van der Waals surface area contributed by atoms with Crippen LogP contribution in [-0.4, -0.2) is 44.7 Å². The first-order valence-electron chi connectivity index (χ1n) is 11.3. The minimum absolute atomic E-state index is 0.168. The molecule has 0 aliphatic rings. The van der Waals surface area contributed by atoms with Gasteiger partial charge in [0.15, 0.2) is 16.6 Å². The van der Waals surface area contributed by atoms with Crippen LogP contribution >= 0.6 is 12.2 Å². The average molecular weight is 504 g/mol. The summed E-state index contributed by atoms with van der Waals surface area (Å²) in [6.45, 7) is 0.503. The second-order valence-corrected chi connectivity index (χ2v) is 8.20. The Labute approximate surface area is 216 Å². The van der Waals surface area contributed by atoms with Crippen molar-refractivity contribution >= 4 is 40.9 Å². The summed E-state index contributed by atoms with van der Waals surface area (Å²) in [5, 5.41) is 5.79. The number of benzene rings is 3. The molecule has 2 N–H and O–H groups in total. The fourth-order valence-electron chi connectivity index (χ4n) is 3.49. The monoisotopic (exact) mass is 503 g/mol. The summed E-state index contributed by atoms with van der Waals surface area (Å²) in [6.07, 6.45) is 3.75. The zero-order valence-corrected chi connectivity index (χ0v) is 21.3. The number of rotatable bonds is 9. The van der Waals surface area contributed by atoms with Crippen molar-refractivity contribution in [2.75, 3.05) is 32.7 Å². The van der Waals surface area contributed by atoms with Crippen LogP contribution in [0.2, 0.25) is 0 Å². The number of carbonyl (C=O) groups is 2. The molecule has 2 amide bonds. The van der Waals surface area contributed by atoms with Crippen LogP contribution in [0, 0.1) is 0 Å². The second-order valence-electron chi connectivity index (χ2n) is 7.81. The van der Waals surface area contributed by atoms with Crippen LogP contribution in [0.4, 0.5) is 5.69 Å². The van der Waals surface area contributed by atoms with E-state index in [1.54, 1.807) is 62.6 Å². The Morgan fingerprint density at radius 3 is 2.36 bits per heavy atom. The van der Waals surface area contributed by atoms with Gasteiger partial charge in [-0.25, -0.2) is 0 Å². The van der Waals surface area contributed by atoms with Gasteiger partial charge < -0.3 is 19.7 Å². The lowest BCUT2D eigenvalue weighted by Gasteiger charge is -2.22. The van der Waals surface area contributed by atoms with Gasteiger partial charge in [-0.15, -0.1) is 0 Å². The number of nitrogens with zero attached hydrogens (tertiary/aromatic N) is 1. The highest BCUT2D eigenvalue weighted by Crippen LogP contribution is 2.28. The number of amides is 2. The lowest BCUT2D eigenvalue weighted by molar-refractivity contribution is -0.115. The smallest absolute Gasteiger partial charge is 0.253 e. The van der Waals surface area contributed by atoms with Crippen molar-refractivity contribution in [3.8, 4) is 11.5 Å². The van der Waals surface area contributed by atoms with E-state index < -0.39 is 5.91 Å². The normalized spacial score (nSPS) is 10.5. The van der Waals surface area contributed by atoms with Crippen LogP contribution in [0.1, 0.15) is 21.5 Å². The molecule has 36 heavy (non-hydrogen) atoms. The molecule has 3 aromatic rings. The van der Waals surface area contributed by atoms with Crippen LogP contribution in [0.15, 0.2) is 78.9 Å². The first-order valence-corrected chi connectivity index (χ1v) is 11.7. The quantitative estimate of drug-likeness (QED) is 0.336. The Kier molecular flexibility index (Phi) is 9.59. The lowest BCUT2D eigenvalue weighted by Crippen LogP contribution is -2.41. The van der Waals surface area contributed by atoms with Crippen LogP contribution in [0.3, 0.4) is 0 Å². The molecule has 0 aliphatic heterocycles. The van der Waals surface area contributed by atoms with Crippen molar-refractivity contribution in [3.05, 3.63) is 95.6 Å². The Hall–Kier alpha value is -4.17. The van der Waals surface area contributed by atoms with E-state index in [2.05, 4.69) is 10.6 Å². The van der Waals surface area contributed by atoms with E-state index in [-0.39, 0.29) is 11.0 Å². The number of hydrogen-bond acceptors (Lipinski definition) is 5. The molecule has 0 aromatic heterocycles. The van der Waals surface area contributed by atoms with Crippen molar-refractivity contribution in [1.82, 2.24) is 10.6 Å². The Morgan fingerprint density at radius 2 is 1.64 bits per heavy atom. The van der Waals surface area contributed by atoms with Crippen molar-refractivity contribution in [2.24, 2.45) is 0 Å². The molecule has 0 spiro atoms. The number of methoxy groups -OCH3 is 2. The maximum absolute atomic E-state index is 12.9. The summed E-state index contributed by atoms with van der Waals surface area (Å²) in [6, 6.07) is 22.4. The average Bonchev–Trinajstić information content (AvgIpc) is 2.91. The highest BCUT2D eigenvalue weighted by atomic mass is 32.1. The number of carbonyl (C=O) groups excluding carboxylic acids is 2. The van der Waals surface area contributed by atoms with Gasteiger partial charge in [0, 0.05) is 19.7 Å². The molecule has 0 saturated carbocycles. The number of anilines is 1. The predicted molar refractivity (Wildman–Crippen MR) is 147 cm³/mol. The topological polar surface area (TPSA) is 79.9 Å². The summed E-state index contributed by atoms with van der Waals surface area (Å²) in [5.74, 6) is 0.556. The summed E-state index contributed by atoms with van der Waals surface area (Å²) in [5.41, 5.74) is 2.96. The SMILES string of the molecule is COc1ccc(C=CC(=O)NC(=S)N(C)c2ccccc2C(=O)NCCc2ccccc2)cc1OC. The van der Waals surface area contributed by atoms with Crippen molar-refractivity contribution in [2.45, 2.75) is 6.42 Å². The van der Waals surface area contributed by atoms with E-state index in [1.165, 1.54) is 6.08 Å². The van der Waals surface area contributed by atoms with Gasteiger partial charge in [-0.1, -0.05) is 48.5 Å². The highest BCUT2D eigenvalue weighted by Gasteiger charge is 2.17. The van der Waals surface area contributed by atoms with Gasteiger partial charge in [0.1, 0.15) is 0 Å². The van der Waals surface area contributed by atoms with E-state index in [0.29, 0.717) is 29.3 Å². The Balaban J connectivity index is 1.61. The zero-order chi connectivity index (χ0) is 25.9. The van der Waals surface area contributed by atoms with Crippen LogP contribution in [0.5, 0.6) is 11.5 Å². The molecular weight excluding hydrogens is 474 g/mol. The third-order valence-corrected chi connectivity index (χ3v) is 5.80. The van der Waals surface area contributed by atoms with Gasteiger partial charge in [-0.05, 0) is 60.1 Å². The third-order valence-electron chi connectivity index (χ3n) is 5.42. The van der Waals surface area contributed by atoms with Crippen molar-refractivity contribution in [1.29, 1.82) is 0 Å². The number of para-hydroxylation sites is 1. The molecule has 7 nitrogen and oxygen atoms in total. The number of thiocarbonyl (C=S) groups is 1. The fraction of sp³-hybridized carbons (Fsp3) is 0.179. The molecule has 0 aliphatic carbocycles. The van der Waals surface area contributed by atoms with Gasteiger partial charge in [0.25, 0.3) is 5.91 Å². The second kappa shape index (κ2) is 13.1. The number of hydrogen-bond donors (Lipinski definition) is 2. The lowest BCUT2D eigenvalue weighted by atomic mass is 10.1. The van der Waals surface area contributed by atoms with E-state index in [1.807, 2.05) is 42.5 Å². The highest BCUT2D eigenvalue weighted by molar-refractivity contribution is 7.80. The first kappa shape index (κ1) is 26.4. The summed E-state index contributed by atoms with van der Waals surface area (Å²) in [4.78, 5) is 27.0. The molecular formula is C28H29N3O4S. The maximum Gasteiger partial charge on any atom is 0.253 e. The summed E-state index contributed by atoms with van der Waals surface area (Å²) in [7, 11) is 4.81. The van der Waals surface area contributed by atoms with Gasteiger partial charge in [-0.2, -0.15) is 0 Å². The molecule has 0 saturated heterocycles. The first-order chi connectivity index (χ1) is 17.4. The van der Waals surface area contributed by atoms with E-state index in [9.17, 15) is 9.59 Å². The van der Waals surface area contributed by atoms with Gasteiger partial charge in [0.2, 0.25) is 5.91 Å². The van der Waals surface area contributed by atoms with Crippen molar-refractivity contribution in [3.63, 3.8) is 0 Å². The molecule has 3 rings (SSSR count). The van der Waals surface area contributed by atoms with Crippen LogP contribution in [-0.2, 0) is 11.2 Å². The minimum Gasteiger partial charge on any atom is -0.493 e. The van der Waals surface area contributed by atoms with Gasteiger partial charge in [0.05, 0.1) is 25.5 Å². The van der Waals surface area contributed by atoms with E-state index in [0.717, 1.165) is 17.5 Å². The predicted octanol–water partition coefficient (Wildman–Crippen LogP) is 4.23. The standard InChI is InChI=1S/C28H29N3O4S/c1-31(28(36)30-26(32)16-14-21-13-15-24(34-2)25(19-21)35-3)23-12-8-7-11-22(23)27(33)29-18-17-20-9-5-4-6-10-20/h4-16,19H,17-18H2,1-3H3,(H,29,33)(H,30,32,36). The van der Waals surface area contributed by atoms with Crippen LogP contribution in [0.25, 0.3) is 6.08 Å². The zero-order valence-electron chi connectivity index (χ0n) is 20.5. The molecule has 0 radical (unpaired) electrons. The Bertz CT molecular complexity index is 1240. The van der Waals surface area contributed by atoms with Crippen LogP contribution < -0.4 is 25.0 Å². The van der Waals surface area contributed by atoms with Gasteiger partial charge >= 0.3 is 0 Å². The molecule has 8 heteroatoms. The summed E-state index contributed by atoms with van der Waals surface area (Å²) >= 11 is 5.43. The van der Waals surface area contributed by atoms with Gasteiger partial charge in [-0.3, -0.25) is 14.9 Å².